The molecule has 0 aliphatic rings. The second kappa shape index (κ2) is 7.01. The predicted molar refractivity (Wildman–Crippen MR) is 132 cm³/mol. The highest BCUT2D eigenvalue weighted by Gasteiger charge is 2.15. The summed E-state index contributed by atoms with van der Waals surface area (Å²) in [5.74, 6) is 0. The molecule has 6 aromatic rings. The Morgan fingerprint density at radius 2 is 1.27 bits per heavy atom. The van der Waals surface area contributed by atoms with Gasteiger partial charge in [-0.3, -0.25) is 0 Å². The van der Waals surface area contributed by atoms with E-state index in [2.05, 4.69) is 108 Å². The summed E-state index contributed by atoms with van der Waals surface area (Å²) < 4.78 is 2.64. The van der Waals surface area contributed by atoms with Crippen LogP contribution in [0.2, 0.25) is 0 Å². The molecule has 1 heterocycles. The number of hydrogen-bond acceptors (Lipinski definition) is 2. The van der Waals surface area contributed by atoms with E-state index in [1.165, 1.54) is 42.1 Å². The van der Waals surface area contributed by atoms with Crippen molar-refractivity contribution in [2.24, 2.45) is 0 Å². The molecule has 0 saturated heterocycles. The lowest BCUT2D eigenvalue weighted by molar-refractivity contribution is 1.58. The number of nitrogens with one attached hydrogen (secondary N) is 1. The normalized spacial score (nSPS) is 11.3. The monoisotopic (exact) mass is 401 g/mol. The van der Waals surface area contributed by atoms with Crippen LogP contribution in [0, 0.1) is 0 Å². The Labute approximate surface area is 179 Å². The summed E-state index contributed by atoms with van der Waals surface area (Å²) in [6.07, 6.45) is 0. The highest BCUT2D eigenvalue weighted by atomic mass is 32.1. The van der Waals surface area contributed by atoms with Gasteiger partial charge in [0.2, 0.25) is 0 Å². The van der Waals surface area contributed by atoms with Gasteiger partial charge in [-0.15, -0.1) is 11.3 Å². The zero-order chi connectivity index (χ0) is 19.9. The van der Waals surface area contributed by atoms with Gasteiger partial charge in [0.15, 0.2) is 0 Å². The molecule has 0 unspecified atom stereocenters. The number of hydrogen-bond donors (Lipinski definition) is 1. The molecule has 1 N–H and O–H groups in total. The van der Waals surface area contributed by atoms with Crippen LogP contribution in [0.4, 0.5) is 11.4 Å². The molecule has 2 heteroatoms. The summed E-state index contributed by atoms with van der Waals surface area (Å²) in [6.45, 7) is 0. The van der Waals surface area contributed by atoms with Crippen molar-refractivity contribution in [3.05, 3.63) is 109 Å². The SMILES string of the molecule is c1ccc(Nc2ccc(-c3cccc4ccccc34)c3sc4ccccc4c23)cc1. The molecule has 0 atom stereocenters. The summed E-state index contributed by atoms with van der Waals surface area (Å²) >= 11 is 1.88. The van der Waals surface area contributed by atoms with Crippen LogP contribution in [0.25, 0.3) is 42.1 Å². The smallest absolute Gasteiger partial charge is 0.0479 e. The zero-order valence-electron chi connectivity index (χ0n) is 16.3. The summed E-state index contributed by atoms with van der Waals surface area (Å²) in [4.78, 5) is 0. The average molecular weight is 402 g/mol. The van der Waals surface area contributed by atoms with Gasteiger partial charge in [-0.05, 0) is 40.6 Å². The van der Waals surface area contributed by atoms with Crippen LogP contribution in [0.15, 0.2) is 109 Å². The van der Waals surface area contributed by atoms with Crippen LogP contribution in [0.3, 0.4) is 0 Å². The fourth-order valence-electron chi connectivity index (χ4n) is 4.28. The predicted octanol–water partition coefficient (Wildman–Crippen LogP) is 8.62. The van der Waals surface area contributed by atoms with E-state index in [0.717, 1.165) is 11.4 Å². The van der Waals surface area contributed by atoms with Crippen molar-refractivity contribution >= 4 is 53.7 Å². The molecule has 1 nitrogen and oxygen atoms in total. The minimum Gasteiger partial charge on any atom is -0.355 e. The first-order chi connectivity index (χ1) is 14.9. The Bertz CT molecular complexity index is 1510. The highest BCUT2D eigenvalue weighted by molar-refractivity contribution is 7.26. The summed E-state index contributed by atoms with van der Waals surface area (Å²) in [6, 6.07) is 38.8. The van der Waals surface area contributed by atoms with Crippen molar-refractivity contribution in [3.63, 3.8) is 0 Å². The maximum Gasteiger partial charge on any atom is 0.0479 e. The van der Waals surface area contributed by atoms with Gasteiger partial charge >= 0.3 is 0 Å². The number of rotatable bonds is 3. The van der Waals surface area contributed by atoms with Gasteiger partial charge < -0.3 is 5.32 Å². The lowest BCUT2D eigenvalue weighted by Crippen LogP contribution is -1.91. The largest absolute Gasteiger partial charge is 0.355 e. The lowest BCUT2D eigenvalue weighted by Gasteiger charge is -2.13. The number of benzene rings is 5. The highest BCUT2D eigenvalue weighted by Crippen LogP contribution is 2.45. The van der Waals surface area contributed by atoms with Crippen molar-refractivity contribution < 1.29 is 0 Å². The summed E-state index contributed by atoms with van der Waals surface area (Å²) in [5.41, 5.74) is 4.84. The third-order valence-corrected chi connectivity index (χ3v) is 6.86. The molecule has 0 aliphatic heterocycles. The zero-order valence-corrected chi connectivity index (χ0v) is 17.1. The molecule has 5 aromatic carbocycles. The third kappa shape index (κ3) is 2.77. The number of thiophene rings is 1. The number of para-hydroxylation sites is 1. The van der Waals surface area contributed by atoms with Crippen LogP contribution in [-0.4, -0.2) is 0 Å². The quantitative estimate of drug-likeness (QED) is 0.313. The van der Waals surface area contributed by atoms with Crippen LogP contribution in [-0.2, 0) is 0 Å². The van der Waals surface area contributed by atoms with E-state index in [1.54, 1.807) is 0 Å². The minimum atomic E-state index is 1.10. The van der Waals surface area contributed by atoms with E-state index >= 15 is 0 Å². The molecular formula is C28H19NS. The topological polar surface area (TPSA) is 12.0 Å². The van der Waals surface area contributed by atoms with E-state index in [9.17, 15) is 0 Å². The van der Waals surface area contributed by atoms with Gasteiger partial charge in [-0.2, -0.15) is 0 Å². The van der Waals surface area contributed by atoms with Gasteiger partial charge in [0.25, 0.3) is 0 Å². The van der Waals surface area contributed by atoms with Gasteiger partial charge in [0.05, 0.1) is 0 Å². The van der Waals surface area contributed by atoms with Crippen molar-refractivity contribution in [1.29, 1.82) is 0 Å². The second-order valence-electron chi connectivity index (χ2n) is 7.48. The fourth-order valence-corrected chi connectivity index (χ4v) is 5.54. The van der Waals surface area contributed by atoms with E-state index in [-0.39, 0.29) is 0 Å². The Balaban J connectivity index is 1.66. The Hall–Kier alpha value is -3.62. The average Bonchev–Trinajstić information content (AvgIpc) is 3.20. The first-order valence-corrected chi connectivity index (χ1v) is 10.9. The number of fused-ring (bicyclic) bond motifs is 4. The van der Waals surface area contributed by atoms with E-state index in [0.29, 0.717) is 0 Å². The van der Waals surface area contributed by atoms with Crippen LogP contribution < -0.4 is 5.32 Å². The molecule has 0 aliphatic carbocycles. The molecule has 0 radical (unpaired) electrons. The van der Waals surface area contributed by atoms with E-state index in [4.69, 9.17) is 0 Å². The second-order valence-corrected chi connectivity index (χ2v) is 8.53. The van der Waals surface area contributed by atoms with Gasteiger partial charge in [-0.25, -0.2) is 0 Å². The molecule has 0 bridgehead atoms. The molecule has 0 amide bonds. The van der Waals surface area contributed by atoms with Crippen molar-refractivity contribution in [2.45, 2.75) is 0 Å². The van der Waals surface area contributed by atoms with Crippen molar-refractivity contribution in [3.8, 4) is 11.1 Å². The molecular weight excluding hydrogens is 382 g/mol. The van der Waals surface area contributed by atoms with Gasteiger partial charge in [0.1, 0.15) is 0 Å². The maximum atomic E-state index is 3.65. The van der Waals surface area contributed by atoms with E-state index < -0.39 is 0 Å². The van der Waals surface area contributed by atoms with E-state index in [1.807, 2.05) is 17.4 Å². The summed E-state index contributed by atoms with van der Waals surface area (Å²) in [7, 11) is 0. The van der Waals surface area contributed by atoms with Gasteiger partial charge in [0, 0.05) is 37.1 Å². The summed E-state index contributed by atoms with van der Waals surface area (Å²) in [5, 5.41) is 8.82. The standard InChI is InChI=1S/C28H19NS/c1-2-11-20(12-3-1)29-25-18-17-23(22-15-8-10-19-9-4-5-13-21(19)22)28-27(25)24-14-6-7-16-26(24)30-28/h1-18,29H. The van der Waals surface area contributed by atoms with Crippen molar-refractivity contribution in [1.82, 2.24) is 0 Å². The lowest BCUT2D eigenvalue weighted by atomic mass is 9.96. The third-order valence-electron chi connectivity index (χ3n) is 5.66. The molecule has 0 fully saturated rings. The van der Waals surface area contributed by atoms with Gasteiger partial charge in [-0.1, -0.05) is 84.9 Å². The first kappa shape index (κ1) is 17.3. The Morgan fingerprint density at radius 1 is 0.533 bits per heavy atom. The molecule has 0 saturated carbocycles. The molecule has 1 aromatic heterocycles. The first-order valence-electron chi connectivity index (χ1n) is 10.1. The van der Waals surface area contributed by atoms with Crippen molar-refractivity contribution in [2.75, 3.05) is 5.32 Å². The minimum absolute atomic E-state index is 1.10. The Kier molecular flexibility index (Phi) is 4.03. The van der Waals surface area contributed by atoms with Crippen LogP contribution >= 0.6 is 11.3 Å². The maximum absolute atomic E-state index is 3.65. The molecule has 30 heavy (non-hydrogen) atoms. The van der Waals surface area contributed by atoms with Crippen LogP contribution in [0.5, 0.6) is 0 Å². The fraction of sp³-hybridized carbons (Fsp3) is 0. The van der Waals surface area contributed by atoms with Crippen LogP contribution in [0.1, 0.15) is 0 Å². The Morgan fingerprint density at radius 3 is 2.17 bits per heavy atom. The number of anilines is 2. The molecule has 0 spiro atoms. The molecule has 6 rings (SSSR count). The molecule has 142 valence electrons.